The van der Waals surface area contributed by atoms with Gasteiger partial charge in [0.1, 0.15) is 5.75 Å². The number of aromatic hydroxyl groups is 1. The maximum absolute atomic E-state index is 9.53. The fourth-order valence-corrected chi connectivity index (χ4v) is 2.43. The number of ether oxygens (including phenoxy) is 3. The van der Waals surface area contributed by atoms with E-state index < -0.39 is 0 Å². The van der Waals surface area contributed by atoms with Crippen molar-refractivity contribution in [3.63, 3.8) is 0 Å². The molecule has 0 aliphatic heterocycles. The summed E-state index contributed by atoms with van der Waals surface area (Å²) in [5.74, 6) is 2.52. The Hall–Kier alpha value is -3.42. The van der Waals surface area contributed by atoms with Crippen LogP contribution in [0.4, 0.5) is 5.69 Å². The molecule has 0 amide bonds. The molecule has 1 aromatic heterocycles. The number of phenolic OH excluding ortho intramolecular Hbond substituents is 1. The van der Waals surface area contributed by atoms with Crippen LogP contribution < -0.4 is 19.9 Å². The summed E-state index contributed by atoms with van der Waals surface area (Å²) in [7, 11) is 4.63. The normalized spacial score (nSPS) is 10.5. The fraction of sp³-hybridized carbons (Fsp3) is 0.176. The number of benzene rings is 2. The summed E-state index contributed by atoms with van der Waals surface area (Å²) in [6.07, 6.45) is 0. The Kier molecular flexibility index (Phi) is 4.34. The number of phenols is 1. The predicted octanol–water partition coefficient (Wildman–Crippen LogP) is 2.45. The highest BCUT2D eigenvalue weighted by Gasteiger charge is 2.17. The number of hydrogen-bond donors (Lipinski definition) is 3. The summed E-state index contributed by atoms with van der Waals surface area (Å²) in [6.45, 7) is 0. The minimum absolute atomic E-state index is 0.0214. The average Bonchev–Trinajstić information content (AvgIpc) is 3.12. The molecule has 4 N–H and O–H groups in total. The molecule has 0 saturated heterocycles. The molecule has 0 aliphatic carbocycles. The second kappa shape index (κ2) is 6.60. The molecule has 1 heterocycles. The van der Waals surface area contributed by atoms with Crippen LogP contribution in [0, 0.1) is 0 Å². The number of aromatic nitrogens is 3. The lowest BCUT2D eigenvalue weighted by molar-refractivity contribution is 0.324. The number of nitrogens with zero attached hydrogens (tertiary/aromatic N) is 2. The standard InChI is InChI=1S/C17H18N4O4/c1-23-13-7-10(8-14(24-2)15(13)25-3)17-19-16(20-21-17)9-4-5-12(22)11(18)6-9/h4-8,22H,18H2,1-3H3,(H,19,20,21). The van der Waals surface area contributed by atoms with E-state index in [1.165, 1.54) is 6.07 Å². The van der Waals surface area contributed by atoms with E-state index in [2.05, 4.69) is 15.2 Å². The number of nitrogens with two attached hydrogens (primary N) is 1. The Morgan fingerprint density at radius 3 is 2.20 bits per heavy atom. The maximum atomic E-state index is 9.53. The highest BCUT2D eigenvalue weighted by molar-refractivity contribution is 5.70. The number of methoxy groups -OCH3 is 3. The maximum Gasteiger partial charge on any atom is 0.203 e. The molecule has 0 atom stereocenters. The summed E-state index contributed by atoms with van der Waals surface area (Å²) >= 11 is 0. The summed E-state index contributed by atoms with van der Waals surface area (Å²) in [6, 6.07) is 8.35. The van der Waals surface area contributed by atoms with Gasteiger partial charge in [-0.15, -0.1) is 0 Å². The van der Waals surface area contributed by atoms with E-state index in [4.69, 9.17) is 19.9 Å². The molecule has 0 unspecified atom stereocenters. The molecule has 0 aliphatic rings. The number of aromatic amines is 1. The molecule has 0 radical (unpaired) electrons. The molecule has 0 saturated carbocycles. The van der Waals surface area contributed by atoms with Crippen LogP contribution in [0.5, 0.6) is 23.0 Å². The summed E-state index contributed by atoms with van der Waals surface area (Å²) in [5.41, 5.74) is 7.40. The molecule has 0 spiro atoms. The van der Waals surface area contributed by atoms with Crippen molar-refractivity contribution in [2.24, 2.45) is 0 Å². The molecule has 3 rings (SSSR count). The van der Waals surface area contributed by atoms with Gasteiger partial charge in [0.2, 0.25) is 5.75 Å². The minimum Gasteiger partial charge on any atom is -0.506 e. The first-order valence-electron chi connectivity index (χ1n) is 7.39. The number of nitrogens with one attached hydrogen (secondary N) is 1. The van der Waals surface area contributed by atoms with Gasteiger partial charge in [-0.3, -0.25) is 5.10 Å². The molecule has 8 nitrogen and oxygen atoms in total. The summed E-state index contributed by atoms with van der Waals surface area (Å²) in [5, 5.41) is 16.6. The largest absolute Gasteiger partial charge is 0.506 e. The van der Waals surface area contributed by atoms with E-state index in [0.29, 0.717) is 40.0 Å². The number of rotatable bonds is 5. The second-order valence-corrected chi connectivity index (χ2v) is 5.20. The predicted molar refractivity (Wildman–Crippen MR) is 93.0 cm³/mol. The van der Waals surface area contributed by atoms with E-state index in [1.807, 2.05) is 0 Å². The highest BCUT2D eigenvalue weighted by Crippen LogP contribution is 2.40. The molecule has 0 fully saturated rings. The average molecular weight is 342 g/mol. The van der Waals surface area contributed by atoms with E-state index in [0.717, 1.165) is 0 Å². The first-order valence-corrected chi connectivity index (χ1v) is 7.39. The molecule has 0 bridgehead atoms. The van der Waals surface area contributed by atoms with Crippen molar-refractivity contribution < 1.29 is 19.3 Å². The van der Waals surface area contributed by atoms with Crippen LogP contribution in [0.3, 0.4) is 0 Å². The topological polar surface area (TPSA) is 116 Å². The molecule has 8 heteroatoms. The van der Waals surface area contributed by atoms with E-state index in [-0.39, 0.29) is 11.4 Å². The van der Waals surface area contributed by atoms with Crippen molar-refractivity contribution in [3.05, 3.63) is 30.3 Å². The van der Waals surface area contributed by atoms with Crippen molar-refractivity contribution in [2.75, 3.05) is 27.1 Å². The second-order valence-electron chi connectivity index (χ2n) is 5.20. The molecule has 130 valence electrons. The minimum atomic E-state index is 0.0214. The van der Waals surface area contributed by atoms with Crippen molar-refractivity contribution in [1.29, 1.82) is 0 Å². The van der Waals surface area contributed by atoms with E-state index in [1.54, 1.807) is 45.6 Å². The van der Waals surface area contributed by atoms with Crippen LogP contribution in [-0.4, -0.2) is 41.6 Å². The fourth-order valence-electron chi connectivity index (χ4n) is 2.43. The van der Waals surface area contributed by atoms with Crippen LogP contribution in [0.1, 0.15) is 0 Å². The van der Waals surface area contributed by atoms with Gasteiger partial charge >= 0.3 is 0 Å². The quantitative estimate of drug-likeness (QED) is 0.482. The smallest absolute Gasteiger partial charge is 0.203 e. The molecular formula is C17H18N4O4. The van der Waals surface area contributed by atoms with Crippen molar-refractivity contribution in [2.45, 2.75) is 0 Å². The third-order valence-corrected chi connectivity index (χ3v) is 3.71. The lowest BCUT2D eigenvalue weighted by Gasteiger charge is -2.12. The van der Waals surface area contributed by atoms with Gasteiger partial charge in [-0.05, 0) is 30.3 Å². The van der Waals surface area contributed by atoms with Crippen molar-refractivity contribution in [3.8, 4) is 45.8 Å². The van der Waals surface area contributed by atoms with Gasteiger partial charge < -0.3 is 25.1 Å². The van der Waals surface area contributed by atoms with Gasteiger partial charge in [-0.25, -0.2) is 4.98 Å². The summed E-state index contributed by atoms with van der Waals surface area (Å²) < 4.78 is 16.0. The Balaban J connectivity index is 2.03. The molecular weight excluding hydrogens is 324 g/mol. The van der Waals surface area contributed by atoms with E-state index >= 15 is 0 Å². The molecule has 3 aromatic rings. The van der Waals surface area contributed by atoms with Gasteiger partial charge in [0.15, 0.2) is 23.1 Å². The molecule has 2 aromatic carbocycles. The SMILES string of the molecule is COc1cc(-c2n[nH]c(-c3ccc(O)c(N)c3)n2)cc(OC)c1OC. The third-order valence-electron chi connectivity index (χ3n) is 3.71. The van der Waals surface area contributed by atoms with Gasteiger partial charge in [-0.2, -0.15) is 5.10 Å². The number of H-pyrrole nitrogens is 1. The number of nitrogen functional groups attached to an aromatic ring is 1. The van der Waals surface area contributed by atoms with Crippen LogP contribution in [-0.2, 0) is 0 Å². The highest BCUT2D eigenvalue weighted by atomic mass is 16.5. The van der Waals surface area contributed by atoms with Crippen molar-refractivity contribution >= 4 is 5.69 Å². The summed E-state index contributed by atoms with van der Waals surface area (Å²) in [4.78, 5) is 4.47. The third kappa shape index (κ3) is 3.01. The zero-order valence-corrected chi connectivity index (χ0v) is 14.0. The van der Waals surface area contributed by atoms with Crippen molar-refractivity contribution in [1.82, 2.24) is 15.2 Å². The van der Waals surface area contributed by atoms with Gasteiger partial charge in [0, 0.05) is 11.1 Å². The number of hydrogen-bond acceptors (Lipinski definition) is 7. The number of anilines is 1. The van der Waals surface area contributed by atoms with Crippen LogP contribution >= 0.6 is 0 Å². The van der Waals surface area contributed by atoms with Gasteiger partial charge in [0.05, 0.1) is 27.0 Å². The Labute approximate surface area is 144 Å². The van der Waals surface area contributed by atoms with Crippen LogP contribution in [0.15, 0.2) is 30.3 Å². The Bertz CT molecular complexity index is 882. The lowest BCUT2D eigenvalue weighted by Crippen LogP contribution is -1.96. The first kappa shape index (κ1) is 16.4. The zero-order valence-electron chi connectivity index (χ0n) is 14.0. The van der Waals surface area contributed by atoms with Crippen LogP contribution in [0.2, 0.25) is 0 Å². The lowest BCUT2D eigenvalue weighted by atomic mass is 10.1. The first-order chi connectivity index (χ1) is 12.1. The monoisotopic (exact) mass is 342 g/mol. The van der Waals surface area contributed by atoms with E-state index in [9.17, 15) is 5.11 Å². The Morgan fingerprint density at radius 2 is 1.64 bits per heavy atom. The molecule has 25 heavy (non-hydrogen) atoms. The van der Waals surface area contributed by atoms with Gasteiger partial charge in [0.25, 0.3) is 0 Å². The Morgan fingerprint density at radius 1 is 0.960 bits per heavy atom. The zero-order chi connectivity index (χ0) is 18.0. The van der Waals surface area contributed by atoms with Crippen LogP contribution in [0.25, 0.3) is 22.8 Å². The van der Waals surface area contributed by atoms with Gasteiger partial charge in [-0.1, -0.05) is 0 Å².